The Kier molecular flexibility index (Phi) is 7.50. The second-order valence-corrected chi connectivity index (χ2v) is 6.22. The fourth-order valence-electron chi connectivity index (χ4n) is 2.85. The van der Waals surface area contributed by atoms with Crippen LogP contribution >= 0.6 is 12.2 Å². The standard InChI is InChI=1S/C18H29NOS/c1-6-20-18(14-21,17-10-8-7-9-11-17)12-13-19(15(2)3)16(4)5/h7-11,14-16H,6,12-13H2,1-5H3. The van der Waals surface area contributed by atoms with E-state index in [0.717, 1.165) is 18.5 Å². The predicted octanol–water partition coefficient (Wildman–Crippen LogP) is 4.43. The topological polar surface area (TPSA) is 12.5 Å². The third-order valence-corrected chi connectivity index (χ3v) is 4.30. The van der Waals surface area contributed by atoms with Gasteiger partial charge >= 0.3 is 0 Å². The average molecular weight is 308 g/mol. The van der Waals surface area contributed by atoms with Crippen molar-refractivity contribution < 1.29 is 4.74 Å². The van der Waals surface area contributed by atoms with E-state index in [1.165, 1.54) is 0 Å². The van der Waals surface area contributed by atoms with Crippen LogP contribution in [-0.4, -0.2) is 35.5 Å². The first-order valence-electron chi connectivity index (χ1n) is 7.88. The summed E-state index contributed by atoms with van der Waals surface area (Å²) in [6.45, 7) is 12.6. The third kappa shape index (κ3) is 4.87. The molecule has 118 valence electrons. The summed E-state index contributed by atoms with van der Waals surface area (Å²) in [5, 5.41) is 1.80. The van der Waals surface area contributed by atoms with E-state index < -0.39 is 5.60 Å². The summed E-state index contributed by atoms with van der Waals surface area (Å²) in [5.74, 6) is 0. The van der Waals surface area contributed by atoms with Crippen molar-refractivity contribution in [1.29, 1.82) is 0 Å². The molecular formula is C18H29NOS. The van der Waals surface area contributed by atoms with E-state index >= 15 is 0 Å². The van der Waals surface area contributed by atoms with Crippen molar-refractivity contribution in [1.82, 2.24) is 4.90 Å². The average Bonchev–Trinajstić information content (AvgIpc) is 2.46. The Bertz CT molecular complexity index is 410. The third-order valence-electron chi connectivity index (χ3n) is 3.92. The largest absolute Gasteiger partial charge is 0.366 e. The maximum Gasteiger partial charge on any atom is 0.122 e. The van der Waals surface area contributed by atoms with Crippen molar-refractivity contribution in [3.05, 3.63) is 35.9 Å². The molecule has 0 bridgehead atoms. The number of hydrogen-bond acceptors (Lipinski definition) is 3. The minimum Gasteiger partial charge on any atom is -0.366 e. The van der Waals surface area contributed by atoms with Gasteiger partial charge in [0.25, 0.3) is 0 Å². The molecule has 0 aliphatic rings. The highest BCUT2D eigenvalue weighted by Gasteiger charge is 2.31. The molecular weight excluding hydrogens is 278 g/mol. The first kappa shape index (κ1) is 18.3. The van der Waals surface area contributed by atoms with Gasteiger partial charge in [-0.3, -0.25) is 4.90 Å². The van der Waals surface area contributed by atoms with Crippen LogP contribution in [0.25, 0.3) is 0 Å². The van der Waals surface area contributed by atoms with Crippen molar-refractivity contribution in [3.8, 4) is 0 Å². The van der Waals surface area contributed by atoms with Crippen molar-refractivity contribution in [2.24, 2.45) is 0 Å². The quantitative estimate of drug-likeness (QED) is 0.626. The van der Waals surface area contributed by atoms with Gasteiger partial charge < -0.3 is 4.74 Å². The van der Waals surface area contributed by atoms with Crippen LogP contribution in [0.2, 0.25) is 0 Å². The molecule has 1 aromatic rings. The number of nitrogens with zero attached hydrogens (tertiary/aromatic N) is 1. The van der Waals surface area contributed by atoms with Gasteiger partial charge in [0.2, 0.25) is 0 Å². The van der Waals surface area contributed by atoms with E-state index in [9.17, 15) is 0 Å². The minimum atomic E-state index is -0.465. The first-order chi connectivity index (χ1) is 9.96. The number of benzene rings is 1. The summed E-state index contributed by atoms with van der Waals surface area (Å²) >= 11 is 5.35. The van der Waals surface area contributed by atoms with Crippen LogP contribution in [0.15, 0.2) is 30.3 Å². The Morgan fingerprint density at radius 2 is 1.71 bits per heavy atom. The summed E-state index contributed by atoms with van der Waals surface area (Å²) in [5.41, 5.74) is 0.683. The normalized spacial score (nSPS) is 14.7. The maximum absolute atomic E-state index is 6.09. The lowest BCUT2D eigenvalue weighted by atomic mass is 9.91. The molecule has 0 aromatic heterocycles. The molecule has 1 rings (SSSR count). The zero-order valence-corrected chi connectivity index (χ0v) is 14.8. The fourth-order valence-corrected chi connectivity index (χ4v) is 3.17. The molecule has 0 spiro atoms. The Hall–Kier alpha value is -0.770. The van der Waals surface area contributed by atoms with Crippen LogP contribution in [0.4, 0.5) is 0 Å². The van der Waals surface area contributed by atoms with E-state index in [2.05, 4.69) is 44.7 Å². The lowest BCUT2D eigenvalue weighted by molar-refractivity contribution is -0.000837. The summed E-state index contributed by atoms with van der Waals surface area (Å²) in [7, 11) is 0. The second kappa shape index (κ2) is 8.62. The molecule has 0 amide bonds. The molecule has 3 heteroatoms. The number of rotatable bonds is 9. The van der Waals surface area contributed by atoms with Gasteiger partial charge in [-0.25, -0.2) is 0 Å². The minimum absolute atomic E-state index is 0.465. The lowest BCUT2D eigenvalue weighted by Crippen LogP contribution is -2.42. The molecule has 0 aliphatic heterocycles. The van der Waals surface area contributed by atoms with Crippen molar-refractivity contribution in [3.63, 3.8) is 0 Å². The zero-order valence-electron chi connectivity index (χ0n) is 14.0. The zero-order chi connectivity index (χ0) is 15.9. The Balaban J connectivity index is 2.96. The first-order valence-corrected chi connectivity index (χ1v) is 8.35. The van der Waals surface area contributed by atoms with Gasteiger partial charge in [0.1, 0.15) is 5.60 Å². The van der Waals surface area contributed by atoms with Crippen molar-refractivity contribution in [2.45, 2.75) is 58.7 Å². The molecule has 0 N–H and O–H groups in total. The molecule has 0 saturated heterocycles. The number of thiocarbonyl (C=S) groups is 1. The van der Waals surface area contributed by atoms with E-state index in [4.69, 9.17) is 17.0 Å². The van der Waals surface area contributed by atoms with E-state index in [0.29, 0.717) is 18.7 Å². The molecule has 0 radical (unpaired) electrons. The molecule has 0 aliphatic carbocycles. The van der Waals surface area contributed by atoms with Gasteiger partial charge in [-0.2, -0.15) is 0 Å². The molecule has 1 atom stereocenters. The maximum atomic E-state index is 6.09. The Labute approximate surface area is 135 Å². The highest BCUT2D eigenvalue weighted by atomic mass is 32.1. The molecule has 21 heavy (non-hydrogen) atoms. The SMILES string of the molecule is CCOC(C=S)(CCN(C(C)C)C(C)C)c1ccccc1. The van der Waals surface area contributed by atoms with Gasteiger partial charge in [-0.1, -0.05) is 42.5 Å². The van der Waals surface area contributed by atoms with Crippen LogP contribution in [0.1, 0.15) is 46.6 Å². The molecule has 2 nitrogen and oxygen atoms in total. The fraction of sp³-hybridized carbons (Fsp3) is 0.611. The van der Waals surface area contributed by atoms with Crippen molar-refractivity contribution >= 4 is 17.6 Å². The van der Waals surface area contributed by atoms with E-state index in [-0.39, 0.29) is 0 Å². The molecule has 1 aromatic carbocycles. The molecule has 0 heterocycles. The smallest absolute Gasteiger partial charge is 0.122 e. The van der Waals surface area contributed by atoms with Gasteiger partial charge in [0.15, 0.2) is 0 Å². The Morgan fingerprint density at radius 1 is 1.14 bits per heavy atom. The van der Waals surface area contributed by atoms with Crippen molar-refractivity contribution in [2.75, 3.05) is 13.2 Å². The number of hydrogen-bond donors (Lipinski definition) is 0. The summed E-state index contributed by atoms with van der Waals surface area (Å²) < 4.78 is 6.09. The summed E-state index contributed by atoms with van der Waals surface area (Å²) in [4.78, 5) is 2.48. The van der Waals surface area contributed by atoms with E-state index in [1.54, 1.807) is 5.37 Å². The number of ether oxygens (including phenoxy) is 1. The predicted molar refractivity (Wildman–Crippen MR) is 95.0 cm³/mol. The van der Waals surface area contributed by atoms with Gasteiger partial charge in [0, 0.05) is 30.6 Å². The highest BCUT2D eigenvalue weighted by molar-refractivity contribution is 7.79. The van der Waals surface area contributed by atoms with E-state index in [1.807, 2.05) is 25.1 Å². The lowest BCUT2D eigenvalue weighted by Gasteiger charge is -2.36. The molecule has 0 fully saturated rings. The van der Waals surface area contributed by atoms with Gasteiger partial charge in [-0.05, 0) is 46.6 Å². The highest BCUT2D eigenvalue weighted by Crippen LogP contribution is 2.29. The van der Waals surface area contributed by atoms with Gasteiger partial charge in [0.05, 0.1) is 0 Å². The van der Waals surface area contributed by atoms with Crippen LogP contribution in [0.5, 0.6) is 0 Å². The molecule has 1 unspecified atom stereocenters. The summed E-state index contributed by atoms with van der Waals surface area (Å²) in [6, 6.07) is 11.4. The molecule has 0 saturated carbocycles. The van der Waals surface area contributed by atoms with Crippen LogP contribution < -0.4 is 0 Å². The Morgan fingerprint density at radius 3 is 2.14 bits per heavy atom. The van der Waals surface area contributed by atoms with Gasteiger partial charge in [-0.15, -0.1) is 0 Å². The van der Waals surface area contributed by atoms with Crippen LogP contribution in [0, 0.1) is 0 Å². The monoisotopic (exact) mass is 307 g/mol. The van der Waals surface area contributed by atoms with Crippen LogP contribution in [0.3, 0.4) is 0 Å². The van der Waals surface area contributed by atoms with Crippen LogP contribution in [-0.2, 0) is 10.3 Å². The summed E-state index contributed by atoms with van der Waals surface area (Å²) in [6.07, 6.45) is 0.880. The second-order valence-electron chi connectivity index (χ2n) is 5.98.